The van der Waals surface area contributed by atoms with E-state index >= 15 is 0 Å². The Morgan fingerprint density at radius 1 is 1.45 bits per heavy atom. The molecule has 6 heteroatoms. The Morgan fingerprint density at radius 3 is 2.90 bits per heavy atom. The van der Waals surface area contributed by atoms with Gasteiger partial charge >= 0.3 is 6.09 Å². The topological polar surface area (TPSA) is 71.2 Å². The molecule has 4 rings (SSSR count). The van der Waals surface area contributed by atoms with Crippen LogP contribution in [0.2, 0.25) is 0 Å². The molecule has 0 atom stereocenters. The molecule has 1 amide bonds. The van der Waals surface area contributed by atoms with Gasteiger partial charge in [-0.25, -0.2) is 24.4 Å². The first kappa shape index (κ1) is 11.7. The molecule has 0 aromatic carbocycles. The summed E-state index contributed by atoms with van der Waals surface area (Å²) in [5.41, 5.74) is 0.417. The van der Waals surface area contributed by atoms with E-state index in [1.807, 2.05) is 6.07 Å². The number of hydrogen-bond acceptors (Lipinski definition) is 3. The van der Waals surface area contributed by atoms with Gasteiger partial charge in [0.2, 0.25) is 0 Å². The van der Waals surface area contributed by atoms with Crippen molar-refractivity contribution in [1.82, 2.24) is 14.6 Å². The first-order valence-electron chi connectivity index (χ1n) is 7.00. The monoisotopic (exact) mass is 272 g/mol. The normalized spacial score (nSPS) is 28.1. The SMILES string of the molecule is O=C(O)N(n1ccc2cncnc21)C12CCC(CC1)C2. The van der Waals surface area contributed by atoms with Crippen molar-refractivity contribution in [3.05, 3.63) is 24.8 Å². The van der Waals surface area contributed by atoms with Gasteiger partial charge in [0, 0.05) is 17.8 Å². The molecule has 2 fully saturated rings. The van der Waals surface area contributed by atoms with Gasteiger partial charge in [-0.1, -0.05) is 0 Å². The predicted molar refractivity (Wildman–Crippen MR) is 73.1 cm³/mol. The van der Waals surface area contributed by atoms with Crippen LogP contribution in [0, 0.1) is 5.92 Å². The maximum Gasteiger partial charge on any atom is 0.427 e. The number of rotatable bonds is 2. The van der Waals surface area contributed by atoms with Crippen molar-refractivity contribution in [3.63, 3.8) is 0 Å². The summed E-state index contributed by atoms with van der Waals surface area (Å²) >= 11 is 0. The Bertz CT molecular complexity index is 673. The van der Waals surface area contributed by atoms with Crippen LogP contribution in [-0.4, -0.2) is 31.4 Å². The summed E-state index contributed by atoms with van der Waals surface area (Å²) in [6.45, 7) is 0. The summed E-state index contributed by atoms with van der Waals surface area (Å²) in [5, 5.41) is 12.1. The molecule has 0 spiro atoms. The van der Waals surface area contributed by atoms with Crippen LogP contribution in [0.1, 0.15) is 32.1 Å². The molecule has 20 heavy (non-hydrogen) atoms. The Hall–Kier alpha value is -2.11. The third-order valence-electron chi connectivity index (χ3n) is 4.88. The fraction of sp³-hybridized carbons (Fsp3) is 0.500. The molecule has 0 unspecified atom stereocenters. The zero-order valence-electron chi connectivity index (χ0n) is 11.1. The highest BCUT2D eigenvalue weighted by Crippen LogP contribution is 2.50. The fourth-order valence-corrected chi connectivity index (χ4v) is 4.01. The van der Waals surface area contributed by atoms with E-state index in [-0.39, 0.29) is 5.54 Å². The minimum atomic E-state index is -0.899. The minimum absolute atomic E-state index is 0.243. The minimum Gasteiger partial charge on any atom is -0.464 e. The molecular weight excluding hydrogens is 256 g/mol. The van der Waals surface area contributed by atoms with E-state index in [0.29, 0.717) is 11.6 Å². The van der Waals surface area contributed by atoms with E-state index in [1.54, 1.807) is 17.1 Å². The van der Waals surface area contributed by atoms with Crippen molar-refractivity contribution in [2.75, 3.05) is 5.01 Å². The number of nitrogens with zero attached hydrogens (tertiary/aromatic N) is 4. The molecule has 2 aliphatic rings. The predicted octanol–water partition coefficient (Wildman–Crippen LogP) is 2.38. The smallest absolute Gasteiger partial charge is 0.427 e. The number of hydrogen-bond donors (Lipinski definition) is 1. The van der Waals surface area contributed by atoms with Crippen LogP contribution in [0.15, 0.2) is 24.8 Å². The molecule has 2 aromatic rings. The van der Waals surface area contributed by atoms with Crippen LogP contribution < -0.4 is 5.01 Å². The Morgan fingerprint density at radius 2 is 2.25 bits per heavy atom. The summed E-state index contributed by atoms with van der Waals surface area (Å²) in [5.74, 6) is 0.688. The molecule has 0 radical (unpaired) electrons. The molecule has 104 valence electrons. The molecule has 2 aromatic heterocycles. The van der Waals surface area contributed by atoms with Gasteiger partial charge in [-0.2, -0.15) is 0 Å². The Labute approximate surface area is 116 Å². The maximum absolute atomic E-state index is 11.9. The number of carbonyl (C=O) groups is 1. The van der Waals surface area contributed by atoms with Crippen molar-refractivity contribution >= 4 is 17.1 Å². The van der Waals surface area contributed by atoms with Crippen molar-refractivity contribution in [2.24, 2.45) is 5.92 Å². The van der Waals surface area contributed by atoms with Gasteiger partial charge < -0.3 is 5.11 Å². The van der Waals surface area contributed by atoms with Gasteiger partial charge in [0.15, 0.2) is 5.65 Å². The molecular formula is C14H16N4O2. The van der Waals surface area contributed by atoms with E-state index in [4.69, 9.17) is 0 Å². The summed E-state index contributed by atoms with van der Waals surface area (Å²) in [7, 11) is 0. The Kier molecular flexibility index (Phi) is 2.31. The molecule has 2 heterocycles. The summed E-state index contributed by atoms with van der Waals surface area (Å²) in [6.07, 6.45) is 9.21. The molecule has 6 nitrogen and oxygen atoms in total. The lowest BCUT2D eigenvalue weighted by atomic mass is 9.93. The van der Waals surface area contributed by atoms with Gasteiger partial charge in [-0.3, -0.25) is 0 Å². The molecule has 0 aliphatic heterocycles. The lowest BCUT2D eigenvalue weighted by Gasteiger charge is -2.38. The van der Waals surface area contributed by atoms with E-state index in [2.05, 4.69) is 9.97 Å². The Balaban J connectivity index is 1.86. The largest absolute Gasteiger partial charge is 0.464 e. The lowest BCUT2D eigenvalue weighted by molar-refractivity contribution is 0.179. The van der Waals surface area contributed by atoms with Gasteiger partial charge in [0.1, 0.15) is 6.33 Å². The van der Waals surface area contributed by atoms with Crippen LogP contribution in [0.25, 0.3) is 11.0 Å². The average Bonchev–Trinajstić information content (AvgIpc) is 3.14. The van der Waals surface area contributed by atoms with Crippen molar-refractivity contribution < 1.29 is 9.90 Å². The standard InChI is InChI=1S/C14H16N4O2/c19-13(20)18(14-4-1-10(7-14)2-5-14)17-6-3-11-8-15-9-16-12(11)17/h3,6,8-10H,1-2,4-5,7H2,(H,19,20). The van der Waals surface area contributed by atoms with Crippen molar-refractivity contribution in [1.29, 1.82) is 0 Å². The summed E-state index contributed by atoms with van der Waals surface area (Å²) < 4.78 is 1.69. The third kappa shape index (κ3) is 1.47. The number of amides is 1. The van der Waals surface area contributed by atoms with Gasteiger partial charge in [-0.05, 0) is 44.1 Å². The second-order valence-corrected chi connectivity index (χ2v) is 5.93. The quantitative estimate of drug-likeness (QED) is 0.911. The van der Waals surface area contributed by atoms with Crippen molar-refractivity contribution in [3.8, 4) is 0 Å². The zero-order valence-corrected chi connectivity index (χ0v) is 11.1. The summed E-state index contributed by atoms with van der Waals surface area (Å²) in [6, 6.07) is 1.86. The maximum atomic E-state index is 11.9. The number of fused-ring (bicyclic) bond motifs is 3. The van der Waals surface area contributed by atoms with Crippen LogP contribution in [0.4, 0.5) is 4.79 Å². The van der Waals surface area contributed by atoms with Crippen LogP contribution in [0.5, 0.6) is 0 Å². The summed E-state index contributed by atoms with van der Waals surface area (Å²) in [4.78, 5) is 20.1. The van der Waals surface area contributed by atoms with Crippen LogP contribution in [-0.2, 0) is 0 Å². The number of carboxylic acid groups (broad SMARTS) is 1. The molecule has 2 bridgehead atoms. The highest BCUT2D eigenvalue weighted by molar-refractivity contribution is 5.83. The molecule has 2 aliphatic carbocycles. The van der Waals surface area contributed by atoms with Crippen molar-refractivity contribution in [2.45, 2.75) is 37.6 Å². The average molecular weight is 272 g/mol. The second kappa shape index (κ2) is 3.94. The molecule has 0 saturated heterocycles. The van der Waals surface area contributed by atoms with Gasteiger partial charge in [0.05, 0.1) is 5.54 Å². The van der Waals surface area contributed by atoms with E-state index in [1.165, 1.54) is 11.3 Å². The molecule has 1 N–H and O–H groups in total. The zero-order chi connectivity index (χ0) is 13.7. The first-order chi connectivity index (χ1) is 9.70. The highest BCUT2D eigenvalue weighted by Gasteiger charge is 2.51. The molecule has 2 saturated carbocycles. The van der Waals surface area contributed by atoms with Gasteiger partial charge in [-0.15, -0.1) is 0 Å². The van der Waals surface area contributed by atoms with Crippen LogP contribution >= 0.6 is 0 Å². The lowest BCUT2D eigenvalue weighted by Crippen LogP contribution is -2.55. The van der Waals surface area contributed by atoms with Gasteiger partial charge in [0.25, 0.3) is 0 Å². The first-order valence-corrected chi connectivity index (χ1v) is 7.00. The second-order valence-electron chi connectivity index (χ2n) is 5.93. The van der Waals surface area contributed by atoms with Crippen LogP contribution in [0.3, 0.4) is 0 Å². The number of aromatic nitrogens is 3. The van der Waals surface area contributed by atoms with E-state index < -0.39 is 6.09 Å². The van der Waals surface area contributed by atoms with E-state index in [9.17, 15) is 9.90 Å². The highest BCUT2D eigenvalue weighted by atomic mass is 16.4. The fourth-order valence-electron chi connectivity index (χ4n) is 4.01. The van der Waals surface area contributed by atoms with E-state index in [0.717, 1.165) is 37.5 Å². The third-order valence-corrected chi connectivity index (χ3v) is 4.88.